The van der Waals surface area contributed by atoms with Gasteiger partial charge in [0.25, 0.3) is 5.91 Å². The third-order valence-electron chi connectivity index (χ3n) is 4.23. The van der Waals surface area contributed by atoms with Crippen molar-refractivity contribution >= 4 is 29.1 Å². The lowest BCUT2D eigenvalue weighted by Gasteiger charge is -2.12. The molecule has 1 amide bonds. The minimum atomic E-state index is -0.412. The third kappa shape index (κ3) is 4.15. The maximum absolute atomic E-state index is 14.2. The molecule has 1 heterocycles. The highest BCUT2D eigenvalue weighted by molar-refractivity contribution is 6.42. The van der Waals surface area contributed by atoms with Crippen LogP contribution in [0.2, 0.25) is 10.0 Å². The second-order valence-electron chi connectivity index (χ2n) is 6.19. The summed E-state index contributed by atoms with van der Waals surface area (Å²) in [4.78, 5) is 12.8. The standard InChI is InChI=1S/C20H18Cl2FN3O/c1-3-12(2)24-20(27)19-11-18(14-6-4-5-7-17(14)23)25-26(19)13-8-9-15(21)16(22)10-13/h4-12H,3H2,1-2H3,(H,24,27). The highest BCUT2D eigenvalue weighted by Crippen LogP contribution is 2.28. The molecule has 0 saturated carbocycles. The molecule has 0 fully saturated rings. The zero-order chi connectivity index (χ0) is 19.6. The number of benzene rings is 2. The normalized spacial score (nSPS) is 12.0. The molecule has 27 heavy (non-hydrogen) atoms. The quantitative estimate of drug-likeness (QED) is 0.607. The summed E-state index contributed by atoms with van der Waals surface area (Å²) < 4.78 is 15.7. The van der Waals surface area contributed by atoms with E-state index in [2.05, 4.69) is 10.4 Å². The molecule has 0 bridgehead atoms. The molecule has 0 aliphatic carbocycles. The molecule has 2 aromatic carbocycles. The average molecular weight is 406 g/mol. The van der Waals surface area contributed by atoms with Crippen molar-refractivity contribution in [2.24, 2.45) is 0 Å². The molecule has 0 radical (unpaired) electrons. The van der Waals surface area contributed by atoms with Gasteiger partial charge in [0, 0.05) is 11.6 Å². The molecule has 1 aromatic heterocycles. The van der Waals surface area contributed by atoms with Gasteiger partial charge in [-0.25, -0.2) is 9.07 Å². The smallest absolute Gasteiger partial charge is 0.270 e. The Kier molecular flexibility index (Phi) is 5.82. The summed E-state index contributed by atoms with van der Waals surface area (Å²) in [6.45, 7) is 3.89. The van der Waals surface area contributed by atoms with Crippen molar-refractivity contribution in [2.75, 3.05) is 0 Å². The molecule has 1 N–H and O–H groups in total. The van der Waals surface area contributed by atoms with E-state index < -0.39 is 5.82 Å². The summed E-state index contributed by atoms with van der Waals surface area (Å²) in [7, 11) is 0. The zero-order valence-corrected chi connectivity index (χ0v) is 16.4. The molecule has 0 spiro atoms. The first-order valence-corrected chi connectivity index (χ1v) is 9.27. The van der Waals surface area contributed by atoms with Crippen LogP contribution in [0.1, 0.15) is 30.8 Å². The Bertz CT molecular complexity index is 987. The van der Waals surface area contributed by atoms with E-state index in [0.717, 1.165) is 6.42 Å². The predicted octanol–water partition coefficient (Wildman–Crippen LogP) is 5.51. The van der Waals surface area contributed by atoms with Crippen LogP contribution in [0.5, 0.6) is 0 Å². The zero-order valence-electron chi connectivity index (χ0n) is 14.8. The summed E-state index contributed by atoms with van der Waals surface area (Å²) in [5.74, 6) is -0.712. The summed E-state index contributed by atoms with van der Waals surface area (Å²) in [6.07, 6.45) is 0.785. The van der Waals surface area contributed by atoms with E-state index in [1.54, 1.807) is 42.5 Å². The second-order valence-corrected chi connectivity index (χ2v) is 7.00. The minimum absolute atomic E-state index is 0.00781. The van der Waals surface area contributed by atoms with Crippen LogP contribution in [0, 0.1) is 5.82 Å². The van der Waals surface area contributed by atoms with Gasteiger partial charge >= 0.3 is 0 Å². The van der Waals surface area contributed by atoms with Gasteiger partial charge in [0.15, 0.2) is 0 Å². The number of aromatic nitrogens is 2. The first-order valence-electron chi connectivity index (χ1n) is 8.52. The van der Waals surface area contributed by atoms with Gasteiger partial charge in [-0.1, -0.05) is 42.3 Å². The molecule has 0 aliphatic heterocycles. The first-order chi connectivity index (χ1) is 12.9. The minimum Gasteiger partial charge on any atom is -0.348 e. The molecular formula is C20H18Cl2FN3O. The fourth-order valence-electron chi connectivity index (χ4n) is 2.56. The number of hydrogen-bond donors (Lipinski definition) is 1. The van der Waals surface area contributed by atoms with Gasteiger partial charge in [0.1, 0.15) is 11.5 Å². The lowest BCUT2D eigenvalue weighted by atomic mass is 10.1. The Labute approximate surface area is 166 Å². The van der Waals surface area contributed by atoms with Crippen molar-refractivity contribution in [3.05, 3.63) is 70.1 Å². The van der Waals surface area contributed by atoms with E-state index in [0.29, 0.717) is 27.0 Å². The van der Waals surface area contributed by atoms with E-state index in [4.69, 9.17) is 23.2 Å². The van der Waals surface area contributed by atoms with Crippen molar-refractivity contribution in [3.63, 3.8) is 0 Å². The lowest BCUT2D eigenvalue weighted by Crippen LogP contribution is -2.33. The van der Waals surface area contributed by atoms with Gasteiger partial charge < -0.3 is 5.32 Å². The molecule has 7 heteroatoms. The SMILES string of the molecule is CCC(C)NC(=O)c1cc(-c2ccccc2F)nn1-c1ccc(Cl)c(Cl)c1. The first kappa shape index (κ1) is 19.4. The Morgan fingerprint density at radius 3 is 2.59 bits per heavy atom. The van der Waals surface area contributed by atoms with Crippen LogP contribution >= 0.6 is 23.2 Å². The van der Waals surface area contributed by atoms with E-state index in [1.165, 1.54) is 10.7 Å². The van der Waals surface area contributed by atoms with Crippen molar-refractivity contribution < 1.29 is 9.18 Å². The molecular weight excluding hydrogens is 388 g/mol. The van der Waals surface area contributed by atoms with Gasteiger partial charge in [-0.2, -0.15) is 5.10 Å². The van der Waals surface area contributed by atoms with Crippen LogP contribution in [0.25, 0.3) is 16.9 Å². The summed E-state index contributed by atoms with van der Waals surface area (Å²) in [5, 5.41) is 8.09. The van der Waals surface area contributed by atoms with Crippen LogP contribution in [0.3, 0.4) is 0 Å². The summed E-state index contributed by atoms with van der Waals surface area (Å²) in [5.41, 5.74) is 1.51. The van der Waals surface area contributed by atoms with Crippen molar-refractivity contribution in [1.29, 1.82) is 0 Å². The van der Waals surface area contributed by atoms with Crippen LogP contribution < -0.4 is 5.32 Å². The van der Waals surface area contributed by atoms with Crippen LogP contribution in [-0.2, 0) is 0 Å². The van der Waals surface area contributed by atoms with Gasteiger partial charge in [-0.3, -0.25) is 4.79 Å². The van der Waals surface area contributed by atoms with Crippen molar-refractivity contribution in [3.8, 4) is 16.9 Å². The maximum atomic E-state index is 14.2. The van der Waals surface area contributed by atoms with E-state index >= 15 is 0 Å². The van der Waals surface area contributed by atoms with Crippen LogP contribution in [-0.4, -0.2) is 21.7 Å². The van der Waals surface area contributed by atoms with Gasteiger partial charge in [-0.05, 0) is 49.7 Å². The number of carbonyl (C=O) groups excluding carboxylic acids is 1. The van der Waals surface area contributed by atoms with Crippen LogP contribution in [0.15, 0.2) is 48.5 Å². The third-order valence-corrected chi connectivity index (χ3v) is 4.97. The number of halogens is 3. The van der Waals surface area contributed by atoms with Gasteiger partial charge in [0.05, 0.1) is 21.4 Å². The molecule has 140 valence electrons. The van der Waals surface area contributed by atoms with E-state index in [-0.39, 0.29) is 17.6 Å². The van der Waals surface area contributed by atoms with Crippen molar-refractivity contribution in [2.45, 2.75) is 26.3 Å². The maximum Gasteiger partial charge on any atom is 0.270 e. The van der Waals surface area contributed by atoms with E-state index in [9.17, 15) is 9.18 Å². The molecule has 4 nitrogen and oxygen atoms in total. The molecule has 1 unspecified atom stereocenters. The molecule has 0 aliphatic rings. The molecule has 3 aromatic rings. The molecule has 3 rings (SSSR count). The number of nitrogens with one attached hydrogen (secondary N) is 1. The summed E-state index contributed by atoms with van der Waals surface area (Å²) >= 11 is 12.1. The Hall–Kier alpha value is -2.37. The monoisotopic (exact) mass is 405 g/mol. The number of rotatable bonds is 5. The average Bonchev–Trinajstić information content (AvgIpc) is 3.09. The van der Waals surface area contributed by atoms with E-state index in [1.807, 2.05) is 13.8 Å². The largest absolute Gasteiger partial charge is 0.348 e. The lowest BCUT2D eigenvalue weighted by molar-refractivity contribution is 0.0931. The number of nitrogens with zero attached hydrogens (tertiary/aromatic N) is 2. The Balaban J connectivity index is 2.13. The fourth-order valence-corrected chi connectivity index (χ4v) is 2.85. The predicted molar refractivity (Wildman–Crippen MR) is 106 cm³/mol. The van der Waals surface area contributed by atoms with Crippen molar-refractivity contribution in [1.82, 2.24) is 15.1 Å². The number of hydrogen-bond acceptors (Lipinski definition) is 2. The number of amides is 1. The Morgan fingerprint density at radius 2 is 1.93 bits per heavy atom. The highest BCUT2D eigenvalue weighted by atomic mass is 35.5. The fraction of sp³-hybridized carbons (Fsp3) is 0.200. The topological polar surface area (TPSA) is 46.9 Å². The highest BCUT2D eigenvalue weighted by Gasteiger charge is 2.20. The van der Waals surface area contributed by atoms with Gasteiger partial charge in [0.2, 0.25) is 0 Å². The summed E-state index contributed by atoms with van der Waals surface area (Å²) in [6, 6.07) is 12.8. The Morgan fingerprint density at radius 1 is 1.19 bits per heavy atom. The number of carbonyl (C=O) groups is 1. The molecule has 1 atom stereocenters. The second kappa shape index (κ2) is 8.11. The van der Waals surface area contributed by atoms with Crippen LogP contribution in [0.4, 0.5) is 4.39 Å². The van der Waals surface area contributed by atoms with Gasteiger partial charge in [-0.15, -0.1) is 0 Å². The molecule has 0 saturated heterocycles.